The first kappa shape index (κ1) is 23.7. The van der Waals surface area contributed by atoms with Gasteiger partial charge in [-0.3, -0.25) is 14.5 Å². The molecule has 2 atom stereocenters. The summed E-state index contributed by atoms with van der Waals surface area (Å²) < 4.78 is 6.64. The lowest BCUT2D eigenvalue weighted by Crippen LogP contribution is -2.71. The smallest absolute Gasteiger partial charge is 0.352 e. The van der Waals surface area contributed by atoms with Gasteiger partial charge in [0.1, 0.15) is 36.2 Å². The van der Waals surface area contributed by atoms with Crippen LogP contribution in [0.4, 0.5) is 6.01 Å². The largest absolute Gasteiger partial charge is 0.477 e. The van der Waals surface area contributed by atoms with Crippen LogP contribution in [0, 0.1) is 0 Å². The van der Waals surface area contributed by atoms with Crippen molar-refractivity contribution >= 4 is 47.5 Å². The van der Waals surface area contributed by atoms with Gasteiger partial charge in [0.2, 0.25) is 0 Å². The molecule has 0 aromatic carbocycles. The van der Waals surface area contributed by atoms with E-state index in [2.05, 4.69) is 20.6 Å². The molecule has 182 valence electrons. The minimum absolute atomic E-state index is 0.0171. The molecule has 5 N–H and O–H groups in total. The Morgan fingerprint density at radius 3 is 2.80 bits per heavy atom. The first-order chi connectivity index (χ1) is 16.8. The maximum atomic E-state index is 12.9. The van der Waals surface area contributed by atoms with Crippen molar-refractivity contribution in [2.24, 2.45) is 10.3 Å². The van der Waals surface area contributed by atoms with Crippen molar-refractivity contribution in [2.45, 2.75) is 18.0 Å². The van der Waals surface area contributed by atoms with Gasteiger partial charge in [0.05, 0.1) is 6.21 Å². The van der Waals surface area contributed by atoms with E-state index < -0.39 is 29.2 Å². The van der Waals surface area contributed by atoms with Crippen molar-refractivity contribution in [3.8, 4) is 0 Å². The summed E-state index contributed by atoms with van der Waals surface area (Å²) in [6.07, 6.45) is 5.79. The Morgan fingerprint density at radius 2 is 2.20 bits per heavy atom. The number of oxazole rings is 1. The van der Waals surface area contributed by atoms with Crippen molar-refractivity contribution in [1.29, 1.82) is 0 Å². The van der Waals surface area contributed by atoms with Gasteiger partial charge in [-0.05, 0) is 0 Å². The van der Waals surface area contributed by atoms with Crippen LogP contribution < -0.4 is 15.6 Å². The molecule has 15 heteroatoms. The number of nitrogens with zero attached hydrogens (tertiary/aromatic N) is 5. The van der Waals surface area contributed by atoms with Crippen LogP contribution >= 0.6 is 11.8 Å². The summed E-state index contributed by atoms with van der Waals surface area (Å²) in [4.78, 5) is 47.5. The second-order valence-electron chi connectivity index (χ2n) is 7.36. The SMILES string of the molecule is CON=C(C(=O)NC1C(=O)N2C(C(=O)O)=C(C[n+]3ccc(C=NO)cc3)CS[C@@H]12)c1coc(N)n1. The van der Waals surface area contributed by atoms with E-state index >= 15 is 0 Å². The second kappa shape index (κ2) is 9.84. The topological polar surface area (TPSA) is 197 Å². The van der Waals surface area contributed by atoms with Gasteiger partial charge in [0, 0.05) is 29.0 Å². The van der Waals surface area contributed by atoms with Gasteiger partial charge >= 0.3 is 5.97 Å². The zero-order chi connectivity index (χ0) is 25.1. The molecule has 0 saturated carbocycles. The molecule has 0 bridgehead atoms. The fourth-order valence-corrected chi connectivity index (χ4v) is 4.99. The van der Waals surface area contributed by atoms with Crippen LogP contribution in [-0.2, 0) is 25.8 Å². The number of thioether (sulfide) groups is 1. The number of nitrogens with one attached hydrogen (secondary N) is 1. The number of pyridine rings is 1. The number of fused-ring (bicyclic) bond motifs is 1. The lowest BCUT2D eigenvalue weighted by atomic mass is 10.0. The van der Waals surface area contributed by atoms with E-state index in [0.29, 0.717) is 16.9 Å². The standard InChI is InChI=1S/C20H19N7O7S/c1-33-25-13(12-8-34-20(21)23-12)16(28)24-14-17(29)27-15(19(30)31)11(9-35-18(14)27)7-26-4-2-10(3-5-26)6-22-32/h2-6,8,14,18H,7,9H2,1H3,(H4,21,23,24,28,30,31)/p+1/t14?,18-/m0/s1. The molecule has 2 aromatic rings. The van der Waals surface area contributed by atoms with Gasteiger partial charge in [-0.15, -0.1) is 11.8 Å². The highest BCUT2D eigenvalue weighted by Gasteiger charge is 2.54. The summed E-state index contributed by atoms with van der Waals surface area (Å²) in [7, 11) is 1.24. The number of aromatic nitrogens is 2. The highest BCUT2D eigenvalue weighted by molar-refractivity contribution is 8.00. The molecular weight excluding hydrogens is 482 g/mol. The fraction of sp³-hybridized carbons (Fsp3) is 0.250. The normalized spacial score (nSPS) is 20.0. The highest BCUT2D eigenvalue weighted by atomic mass is 32.2. The Hall–Kier alpha value is -4.40. The molecule has 4 heterocycles. The summed E-state index contributed by atoms with van der Waals surface area (Å²) in [5, 5.41) is 27.0. The summed E-state index contributed by atoms with van der Waals surface area (Å²) in [5.74, 6) is -2.24. The van der Waals surface area contributed by atoms with E-state index in [4.69, 9.17) is 20.2 Å². The van der Waals surface area contributed by atoms with Crippen molar-refractivity contribution in [2.75, 3.05) is 18.6 Å². The van der Waals surface area contributed by atoms with E-state index in [0.717, 1.165) is 6.26 Å². The Morgan fingerprint density at radius 1 is 1.46 bits per heavy atom. The highest BCUT2D eigenvalue weighted by Crippen LogP contribution is 2.40. The maximum absolute atomic E-state index is 12.9. The zero-order valence-electron chi connectivity index (χ0n) is 18.2. The molecule has 2 aromatic heterocycles. The summed E-state index contributed by atoms with van der Waals surface area (Å²) in [6, 6.07) is 2.24. The number of carbonyl (C=O) groups is 3. The molecular formula is C20H20N7O7S+. The van der Waals surface area contributed by atoms with E-state index in [9.17, 15) is 19.5 Å². The van der Waals surface area contributed by atoms with E-state index in [1.54, 1.807) is 29.1 Å². The first-order valence-electron chi connectivity index (χ1n) is 10.0. The van der Waals surface area contributed by atoms with E-state index in [1.165, 1.54) is 30.0 Å². The van der Waals surface area contributed by atoms with Crippen LogP contribution in [0.25, 0.3) is 0 Å². The number of hydrogen-bond acceptors (Lipinski definition) is 11. The van der Waals surface area contributed by atoms with Crippen LogP contribution in [0.5, 0.6) is 0 Å². The predicted octanol–water partition coefficient (Wildman–Crippen LogP) is -0.858. The third kappa shape index (κ3) is 4.65. The Balaban J connectivity index is 1.51. The van der Waals surface area contributed by atoms with Crippen LogP contribution in [0.2, 0.25) is 0 Å². The van der Waals surface area contributed by atoms with Crippen molar-refractivity contribution < 1.29 is 38.5 Å². The number of anilines is 1. The summed E-state index contributed by atoms with van der Waals surface area (Å²) in [5.41, 5.74) is 6.29. The molecule has 2 amide bonds. The number of aliphatic carboxylic acids is 1. The first-order valence-corrected chi connectivity index (χ1v) is 11.1. The van der Waals surface area contributed by atoms with Gasteiger partial charge in [-0.1, -0.05) is 10.3 Å². The molecule has 35 heavy (non-hydrogen) atoms. The Labute approximate surface area is 201 Å². The van der Waals surface area contributed by atoms with Crippen molar-refractivity contribution in [3.63, 3.8) is 0 Å². The van der Waals surface area contributed by atoms with Crippen LogP contribution in [0.15, 0.2) is 56.8 Å². The number of carbonyl (C=O) groups excluding carboxylic acids is 2. The molecule has 1 unspecified atom stereocenters. The van der Waals surface area contributed by atoms with Gasteiger partial charge < -0.3 is 30.6 Å². The molecule has 0 spiro atoms. The number of rotatable bonds is 8. The van der Waals surface area contributed by atoms with Crippen LogP contribution in [0.3, 0.4) is 0 Å². The third-order valence-corrected chi connectivity index (χ3v) is 6.54. The number of oxime groups is 2. The number of nitrogen functional groups attached to an aromatic ring is 1. The molecule has 2 aliphatic rings. The number of nitrogens with two attached hydrogens (primary N) is 1. The Kier molecular flexibility index (Phi) is 6.68. The quantitative estimate of drug-likeness (QED) is 0.116. The number of carboxylic acid groups (broad SMARTS) is 1. The number of carboxylic acids is 1. The van der Waals surface area contributed by atoms with E-state index in [-0.39, 0.29) is 29.7 Å². The molecule has 14 nitrogen and oxygen atoms in total. The second-order valence-corrected chi connectivity index (χ2v) is 8.47. The Bertz CT molecular complexity index is 1250. The van der Waals surface area contributed by atoms with Gasteiger partial charge in [0.25, 0.3) is 17.8 Å². The van der Waals surface area contributed by atoms with Gasteiger partial charge in [-0.25, -0.2) is 9.36 Å². The average molecular weight is 502 g/mol. The minimum Gasteiger partial charge on any atom is -0.477 e. The third-order valence-electron chi connectivity index (χ3n) is 5.20. The molecule has 0 radical (unpaired) electrons. The summed E-state index contributed by atoms with van der Waals surface area (Å²) >= 11 is 1.33. The molecule has 4 rings (SSSR count). The summed E-state index contributed by atoms with van der Waals surface area (Å²) in [6.45, 7) is 0.233. The molecule has 2 aliphatic heterocycles. The van der Waals surface area contributed by atoms with Gasteiger partial charge in [-0.2, -0.15) is 4.98 Å². The van der Waals surface area contributed by atoms with Crippen LogP contribution in [-0.4, -0.2) is 74.2 Å². The van der Waals surface area contributed by atoms with Crippen molar-refractivity contribution in [3.05, 3.63) is 53.3 Å². The molecule has 1 fully saturated rings. The van der Waals surface area contributed by atoms with Crippen LogP contribution in [0.1, 0.15) is 11.3 Å². The molecule has 1 saturated heterocycles. The maximum Gasteiger partial charge on any atom is 0.352 e. The van der Waals surface area contributed by atoms with Gasteiger partial charge in [0.15, 0.2) is 24.7 Å². The monoisotopic (exact) mass is 502 g/mol. The number of amides is 2. The van der Waals surface area contributed by atoms with E-state index in [1.807, 2.05) is 0 Å². The lowest BCUT2D eigenvalue weighted by Gasteiger charge is -2.49. The molecule has 0 aliphatic carbocycles. The predicted molar refractivity (Wildman–Crippen MR) is 120 cm³/mol. The average Bonchev–Trinajstić information content (AvgIpc) is 3.27. The lowest BCUT2D eigenvalue weighted by molar-refractivity contribution is -0.689. The number of β-lactam (4-membered cyclic amide) rings is 1. The van der Waals surface area contributed by atoms with Crippen molar-refractivity contribution in [1.82, 2.24) is 15.2 Å². The minimum atomic E-state index is -1.24. The zero-order valence-corrected chi connectivity index (χ0v) is 19.0. The number of hydrogen-bond donors (Lipinski definition) is 4. The fourth-order valence-electron chi connectivity index (χ4n) is 3.65.